The van der Waals surface area contributed by atoms with Crippen molar-refractivity contribution in [1.29, 1.82) is 5.26 Å². The van der Waals surface area contributed by atoms with Gasteiger partial charge < -0.3 is 5.32 Å². The molecule has 1 amide bonds. The van der Waals surface area contributed by atoms with Crippen molar-refractivity contribution in [2.24, 2.45) is 0 Å². The monoisotopic (exact) mass is 220 g/mol. The van der Waals surface area contributed by atoms with Gasteiger partial charge in [0.25, 0.3) is 5.91 Å². The normalized spacial score (nSPS) is 13.6. The zero-order valence-corrected chi connectivity index (χ0v) is 9.25. The van der Waals surface area contributed by atoms with Crippen LogP contribution in [0.25, 0.3) is 0 Å². The standard InChI is InChI=1S/C12H13FN2O/c1-3-12(2,8-14)15-11(16)9-4-6-10(13)7-5-9/h4-7H,3H2,1-2H3,(H,15,16)/t12-/m0/s1. The van der Waals surface area contributed by atoms with Gasteiger partial charge in [-0.05, 0) is 37.6 Å². The summed E-state index contributed by atoms with van der Waals surface area (Å²) < 4.78 is 12.6. The van der Waals surface area contributed by atoms with Crippen LogP contribution in [0.2, 0.25) is 0 Å². The molecule has 1 atom stereocenters. The number of nitrogens with zero attached hydrogens (tertiary/aromatic N) is 1. The third kappa shape index (κ3) is 2.80. The first-order valence-corrected chi connectivity index (χ1v) is 5.00. The van der Waals surface area contributed by atoms with Gasteiger partial charge in [-0.1, -0.05) is 6.92 Å². The lowest BCUT2D eigenvalue weighted by atomic mass is 10.0. The molecule has 1 rings (SSSR count). The highest BCUT2D eigenvalue weighted by atomic mass is 19.1. The molecule has 0 heterocycles. The molecule has 16 heavy (non-hydrogen) atoms. The highest BCUT2D eigenvalue weighted by Crippen LogP contribution is 2.10. The lowest BCUT2D eigenvalue weighted by Gasteiger charge is -2.21. The topological polar surface area (TPSA) is 52.9 Å². The Morgan fingerprint density at radius 3 is 2.50 bits per heavy atom. The van der Waals surface area contributed by atoms with Gasteiger partial charge in [-0.2, -0.15) is 5.26 Å². The maximum absolute atomic E-state index is 12.6. The molecule has 1 aromatic carbocycles. The molecule has 0 spiro atoms. The Labute approximate surface area is 93.9 Å². The van der Waals surface area contributed by atoms with E-state index in [1.165, 1.54) is 24.3 Å². The minimum absolute atomic E-state index is 0.344. The molecule has 1 N–H and O–H groups in total. The minimum atomic E-state index is -0.883. The number of hydrogen-bond donors (Lipinski definition) is 1. The first kappa shape index (κ1) is 12.2. The molecule has 1 aromatic rings. The summed E-state index contributed by atoms with van der Waals surface area (Å²) in [6.45, 7) is 3.46. The van der Waals surface area contributed by atoms with Crippen LogP contribution in [0.4, 0.5) is 4.39 Å². The zero-order valence-electron chi connectivity index (χ0n) is 9.25. The summed E-state index contributed by atoms with van der Waals surface area (Å²) in [6, 6.07) is 7.23. The van der Waals surface area contributed by atoms with Crippen LogP contribution < -0.4 is 5.32 Å². The fourth-order valence-electron chi connectivity index (χ4n) is 1.12. The second-order valence-corrected chi connectivity index (χ2v) is 3.76. The predicted octanol–water partition coefficient (Wildman–Crippen LogP) is 2.25. The van der Waals surface area contributed by atoms with Crippen LogP contribution in [0, 0.1) is 17.1 Å². The summed E-state index contributed by atoms with van der Waals surface area (Å²) in [5.74, 6) is -0.763. The average Bonchev–Trinajstić information content (AvgIpc) is 2.29. The number of nitriles is 1. The Morgan fingerprint density at radius 2 is 2.06 bits per heavy atom. The van der Waals surface area contributed by atoms with E-state index in [9.17, 15) is 9.18 Å². The fraction of sp³-hybridized carbons (Fsp3) is 0.333. The molecule has 4 heteroatoms. The van der Waals surface area contributed by atoms with E-state index in [4.69, 9.17) is 5.26 Å². The average molecular weight is 220 g/mol. The van der Waals surface area contributed by atoms with Crippen LogP contribution in [0.1, 0.15) is 30.6 Å². The van der Waals surface area contributed by atoms with E-state index in [0.29, 0.717) is 12.0 Å². The summed E-state index contributed by atoms with van der Waals surface area (Å²) in [5, 5.41) is 11.5. The van der Waals surface area contributed by atoms with Gasteiger partial charge in [-0.25, -0.2) is 4.39 Å². The van der Waals surface area contributed by atoms with E-state index in [1.54, 1.807) is 6.92 Å². The summed E-state index contributed by atoms with van der Waals surface area (Å²) in [6.07, 6.45) is 0.510. The first-order valence-electron chi connectivity index (χ1n) is 5.00. The molecular formula is C12H13FN2O. The van der Waals surface area contributed by atoms with E-state index in [0.717, 1.165) is 0 Å². The first-order chi connectivity index (χ1) is 7.50. The summed E-state index contributed by atoms with van der Waals surface area (Å²) in [5.41, 5.74) is -0.540. The van der Waals surface area contributed by atoms with Gasteiger partial charge >= 0.3 is 0 Å². The number of halogens is 1. The van der Waals surface area contributed by atoms with Crippen molar-refractivity contribution < 1.29 is 9.18 Å². The molecule has 0 unspecified atom stereocenters. The summed E-state index contributed by atoms with van der Waals surface area (Å²) >= 11 is 0. The molecular weight excluding hydrogens is 207 g/mol. The smallest absolute Gasteiger partial charge is 0.252 e. The number of hydrogen-bond acceptors (Lipinski definition) is 2. The molecule has 0 fully saturated rings. The number of amides is 1. The molecule has 84 valence electrons. The van der Waals surface area contributed by atoms with Crippen molar-refractivity contribution >= 4 is 5.91 Å². The largest absolute Gasteiger partial charge is 0.334 e. The maximum atomic E-state index is 12.6. The quantitative estimate of drug-likeness (QED) is 0.849. The van der Waals surface area contributed by atoms with Crippen LogP contribution in [0.5, 0.6) is 0 Å². The number of carbonyl (C=O) groups excluding carboxylic acids is 1. The van der Waals surface area contributed by atoms with Gasteiger partial charge in [0.05, 0.1) is 6.07 Å². The molecule has 0 bridgehead atoms. The van der Waals surface area contributed by atoms with Crippen LogP contribution in [-0.4, -0.2) is 11.4 Å². The molecule has 0 saturated carbocycles. The summed E-state index contributed by atoms with van der Waals surface area (Å²) in [7, 11) is 0. The molecule has 0 aliphatic carbocycles. The van der Waals surface area contributed by atoms with Gasteiger partial charge in [-0.3, -0.25) is 4.79 Å². The Morgan fingerprint density at radius 1 is 1.50 bits per heavy atom. The molecule has 0 aliphatic rings. The van der Waals surface area contributed by atoms with E-state index >= 15 is 0 Å². The fourth-order valence-corrected chi connectivity index (χ4v) is 1.12. The Hall–Kier alpha value is -1.89. The lowest BCUT2D eigenvalue weighted by Crippen LogP contribution is -2.44. The van der Waals surface area contributed by atoms with E-state index in [2.05, 4.69) is 5.32 Å². The summed E-state index contributed by atoms with van der Waals surface area (Å²) in [4.78, 5) is 11.7. The van der Waals surface area contributed by atoms with E-state index < -0.39 is 11.4 Å². The van der Waals surface area contributed by atoms with Gasteiger partial charge in [0.15, 0.2) is 0 Å². The van der Waals surface area contributed by atoms with Crippen LogP contribution in [-0.2, 0) is 0 Å². The number of benzene rings is 1. The van der Waals surface area contributed by atoms with Crippen molar-refractivity contribution in [2.45, 2.75) is 25.8 Å². The minimum Gasteiger partial charge on any atom is -0.334 e. The van der Waals surface area contributed by atoms with Gasteiger partial charge in [0.2, 0.25) is 0 Å². The number of rotatable bonds is 3. The van der Waals surface area contributed by atoms with Gasteiger partial charge in [0, 0.05) is 5.56 Å². The number of nitrogens with one attached hydrogen (secondary N) is 1. The van der Waals surface area contributed by atoms with Crippen molar-refractivity contribution in [1.82, 2.24) is 5.32 Å². The van der Waals surface area contributed by atoms with Gasteiger partial charge in [-0.15, -0.1) is 0 Å². The predicted molar refractivity (Wildman–Crippen MR) is 58.2 cm³/mol. The zero-order chi connectivity index (χ0) is 12.2. The number of carbonyl (C=O) groups is 1. The SMILES string of the molecule is CC[C@@](C)(C#N)NC(=O)c1ccc(F)cc1. The molecule has 0 aromatic heterocycles. The molecule has 3 nitrogen and oxygen atoms in total. The maximum Gasteiger partial charge on any atom is 0.252 e. The van der Waals surface area contributed by atoms with Crippen LogP contribution >= 0.6 is 0 Å². The van der Waals surface area contributed by atoms with Crippen LogP contribution in [0.3, 0.4) is 0 Å². The van der Waals surface area contributed by atoms with Crippen molar-refractivity contribution in [2.75, 3.05) is 0 Å². The highest BCUT2D eigenvalue weighted by Gasteiger charge is 2.23. The van der Waals surface area contributed by atoms with Crippen molar-refractivity contribution in [3.63, 3.8) is 0 Å². The second-order valence-electron chi connectivity index (χ2n) is 3.76. The third-order valence-corrected chi connectivity index (χ3v) is 2.45. The van der Waals surface area contributed by atoms with E-state index in [1.807, 2.05) is 13.0 Å². The second kappa shape index (κ2) is 4.75. The van der Waals surface area contributed by atoms with Crippen LogP contribution in [0.15, 0.2) is 24.3 Å². The molecule has 0 aliphatic heterocycles. The Balaban J connectivity index is 2.81. The van der Waals surface area contributed by atoms with Crippen molar-refractivity contribution in [3.05, 3.63) is 35.6 Å². The Bertz CT molecular complexity index is 422. The third-order valence-electron chi connectivity index (χ3n) is 2.45. The van der Waals surface area contributed by atoms with Gasteiger partial charge in [0.1, 0.15) is 11.4 Å². The lowest BCUT2D eigenvalue weighted by molar-refractivity contribution is 0.0923. The van der Waals surface area contributed by atoms with E-state index in [-0.39, 0.29) is 5.91 Å². The Kier molecular flexibility index (Phi) is 3.62. The highest BCUT2D eigenvalue weighted by molar-refractivity contribution is 5.94. The van der Waals surface area contributed by atoms with Crippen molar-refractivity contribution in [3.8, 4) is 6.07 Å². The molecule has 0 radical (unpaired) electrons. The molecule has 0 saturated heterocycles.